The summed E-state index contributed by atoms with van der Waals surface area (Å²) in [6.07, 6.45) is -6.02. The van der Waals surface area contributed by atoms with Gasteiger partial charge >= 0.3 is 87.1 Å². The number of carbonyl (C=O) groups is 2. The predicted octanol–water partition coefficient (Wildman–Crippen LogP) is -0.410. The van der Waals surface area contributed by atoms with Gasteiger partial charge in [0.1, 0.15) is 0 Å². The number of nitrogens with zero attached hydrogens (tertiary/aromatic N) is 8. The van der Waals surface area contributed by atoms with E-state index in [2.05, 4.69) is 49.1 Å². The van der Waals surface area contributed by atoms with Crippen LogP contribution in [0, 0.1) is 0 Å². The van der Waals surface area contributed by atoms with E-state index >= 15 is 0 Å². The number of alkyl halides is 6. The maximum absolute atomic E-state index is 13.8. The fourth-order valence-electron chi connectivity index (χ4n) is 7.64. The molecule has 4 atom stereocenters. The molecule has 2 amide bonds. The summed E-state index contributed by atoms with van der Waals surface area (Å²) in [5.74, 6) is -0.578. The molecule has 22 nitrogen and oxygen atoms in total. The molecule has 0 aliphatic carbocycles. The number of phosphoric acid groups is 2. The molecule has 0 aliphatic rings. The van der Waals surface area contributed by atoms with Crippen molar-refractivity contribution < 1.29 is 132 Å². The molecule has 32 heteroatoms. The minimum absolute atomic E-state index is 0. The standard InChI is InChI=1S/2C23H21F3N5O6P.2Na/c2*1-13(14-5-4-6-16(9-14)21(32)27-2)30-12-28-19-10-15(7-8-17(19)22(30)33)18-11-29-31(20(18)23(24,25)26)37-38(34,35)36-3;;/h2*4-13H,1-3H3,(H,27,32)(H,34,35);;/q;;2*+1/p-2. The minimum atomic E-state index is -5.10. The van der Waals surface area contributed by atoms with E-state index < -0.39 is 73.7 Å². The van der Waals surface area contributed by atoms with Gasteiger partial charge in [-0.25, -0.2) is 9.97 Å². The molecule has 4 aromatic heterocycles. The normalized spacial score (nSPS) is 13.8. The number of nitrogens with one attached hydrogen (secondary N) is 2. The van der Waals surface area contributed by atoms with E-state index in [4.69, 9.17) is 0 Å². The third kappa shape index (κ3) is 13.7. The number of phosphoric ester groups is 2. The summed E-state index contributed by atoms with van der Waals surface area (Å²) >= 11 is 0. The van der Waals surface area contributed by atoms with Gasteiger partial charge in [0.2, 0.25) is 0 Å². The van der Waals surface area contributed by atoms with Gasteiger partial charge in [0, 0.05) is 50.6 Å². The topological polar surface area (TPSA) is 281 Å². The Morgan fingerprint density at radius 3 is 1.28 bits per heavy atom. The first kappa shape index (κ1) is 62.8. The Kier molecular flexibility index (Phi) is 20.1. The summed E-state index contributed by atoms with van der Waals surface area (Å²) < 4.78 is 125. The monoisotopic (exact) mass is 1150 g/mol. The van der Waals surface area contributed by atoms with Crippen LogP contribution in [-0.4, -0.2) is 79.1 Å². The van der Waals surface area contributed by atoms with Crippen LogP contribution in [0.5, 0.6) is 0 Å². The van der Waals surface area contributed by atoms with Crippen molar-refractivity contribution in [2.24, 2.45) is 0 Å². The van der Waals surface area contributed by atoms with Crippen LogP contribution in [0.1, 0.15) is 69.2 Å². The average Bonchev–Trinajstić information content (AvgIpc) is 4.05. The predicted molar refractivity (Wildman–Crippen MR) is 254 cm³/mol. The third-order valence-corrected chi connectivity index (χ3v) is 13.2. The molecule has 4 unspecified atom stereocenters. The van der Waals surface area contributed by atoms with Crippen LogP contribution in [0.15, 0.2) is 120 Å². The van der Waals surface area contributed by atoms with Crippen molar-refractivity contribution in [2.75, 3.05) is 28.3 Å². The van der Waals surface area contributed by atoms with Gasteiger partial charge in [0.15, 0.2) is 11.4 Å². The molecule has 400 valence electrons. The maximum Gasteiger partial charge on any atom is 1.00 e. The Labute approximate surface area is 481 Å². The molecular weight excluding hydrogens is 1110 g/mol. The zero-order valence-electron chi connectivity index (χ0n) is 42.2. The number of amides is 2. The van der Waals surface area contributed by atoms with E-state index in [0.717, 1.165) is 26.6 Å². The van der Waals surface area contributed by atoms with Crippen molar-refractivity contribution in [3.8, 4) is 22.3 Å². The van der Waals surface area contributed by atoms with Crippen LogP contribution in [0.2, 0.25) is 0 Å². The van der Waals surface area contributed by atoms with E-state index in [-0.39, 0.29) is 114 Å². The Bertz CT molecular complexity index is 3520. The van der Waals surface area contributed by atoms with Crippen LogP contribution < -0.4 is 99.9 Å². The van der Waals surface area contributed by atoms with Gasteiger partial charge in [-0.2, -0.15) is 26.3 Å². The van der Waals surface area contributed by atoms with Crippen LogP contribution >= 0.6 is 15.6 Å². The summed E-state index contributed by atoms with van der Waals surface area (Å²) in [6, 6.07) is 20.0. The first-order valence-corrected chi connectivity index (χ1v) is 24.7. The van der Waals surface area contributed by atoms with Gasteiger partial charge in [-0.1, -0.05) is 46.1 Å². The van der Waals surface area contributed by atoms with Gasteiger partial charge in [-0.3, -0.25) is 37.4 Å². The summed E-state index contributed by atoms with van der Waals surface area (Å²) in [6.45, 7) is 3.48. The molecule has 0 radical (unpaired) electrons. The quantitative estimate of drug-likeness (QED) is 0.0796. The molecule has 0 saturated heterocycles. The Balaban J connectivity index is 0.000000280. The molecule has 4 aromatic carbocycles. The molecular formula is C46H40F6N10Na2O12P2. The molecule has 0 saturated carbocycles. The number of fused-ring (bicyclic) bond motifs is 2. The minimum Gasteiger partial charge on any atom is -0.745 e. The molecule has 2 N–H and O–H groups in total. The molecule has 8 rings (SSSR count). The third-order valence-electron chi connectivity index (χ3n) is 11.6. The SMILES string of the molecule is CNC(=O)c1cccc(C(C)n2cnc3cc(-c4cnn(OP(=O)([O-])OC)c4C(F)(F)F)ccc3c2=O)c1.CNC(=O)c1cccc(C(C)n2cnc3cc(-c4cnn(OP(=O)([O-])OC)c4C(F)(F)F)ccc3c2=O)c1.[Na+].[Na+]. The van der Waals surface area contributed by atoms with Crippen LogP contribution in [0.25, 0.3) is 44.1 Å². The number of halogens is 6. The summed E-state index contributed by atoms with van der Waals surface area (Å²) in [7, 11) is -5.73. The zero-order valence-corrected chi connectivity index (χ0v) is 48.0. The molecule has 0 spiro atoms. The zero-order chi connectivity index (χ0) is 55.7. The van der Waals surface area contributed by atoms with Crippen molar-refractivity contribution in [3.05, 3.63) is 164 Å². The second kappa shape index (κ2) is 25.0. The van der Waals surface area contributed by atoms with Crippen LogP contribution in [0.4, 0.5) is 26.3 Å². The van der Waals surface area contributed by atoms with Gasteiger partial charge in [-0.15, -0.1) is 10.2 Å². The summed E-state index contributed by atoms with van der Waals surface area (Å²) in [5.41, 5.74) is -2.62. The molecule has 0 bridgehead atoms. The van der Waals surface area contributed by atoms with E-state index in [1.54, 1.807) is 62.4 Å². The van der Waals surface area contributed by atoms with Crippen molar-refractivity contribution in [1.29, 1.82) is 0 Å². The smallest absolute Gasteiger partial charge is 0.745 e. The molecule has 0 aliphatic heterocycles. The first-order valence-electron chi connectivity index (χ1n) is 21.8. The number of carbonyl (C=O) groups excluding carboxylic acids is 2. The Morgan fingerprint density at radius 2 is 0.962 bits per heavy atom. The summed E-state index contributed by atoms with van der Waals surface area (Å²) in [4.78, 5) is 81.6. The van der Waals surface area contributed by atoms with E-state index in [1.165, 1.54) is 72.3 Å². The summed E-state index contributed by atoms with van der Waals surface area (Å²) in [5, 5.41) is 12.1. The molecule has 78 heavy (non-hydrogen) atoms. The Morgan fingerprint density at radius 1 is 0.603 bits per heavy atom. The fraction of sp³-hybridized carbons (Fsp3) is 0.217. The van der Waals surface area contributed by atoms with Crippen LogP contribution in [0.3, 0.4) is 0 Å². The van der Waals surface area contributed by atoms with E-state index in [0.29, 0.717) is 22.3 Å². The molecule has 8 aromatic rings. The number of rotatable bonds is 14. The number of aromatic nitrogens is 8. The second-order valence-electron chi connectivity index (χ2n) is 16.1. The fourth-order valence-corrected chi connectivity index (χ4v) is 8.40. The van der Waals surface area contributed by atoms with Crippen molar-refractivity contribution in [3.63, 3.8) is 0 Å². The second-order valence-corrected chi connectivity index (χ2v) is 19.0. The van der Waals surface area contributed by atoms with Gasteiger partial charge in [-0.05, 0) is 84.6 Å². The van der Waals surface area contributed by atoms with E-state index in [9.17, 15) is 64.4 Å². The van der Waals surface area contributed by atoms with Crippen molar-refractivity contribution in [2.45, 2.75) is 38.3 Å². The number of benzene rings is 4. The first-order chi connectivity index (χ1) is 35.7. The molecule has 0 fully saturated rings. The average molecular weight is 1150 g/mol. The van der Waals surface area contributed by atoms with Gasteiger partial charge < -0.3 is 38.7 Å². The van der Waals surface area contributed by atoms with Crippen molar-refractivity contribution in [1.82, 2.24) is 49.6 Å². The molecule has 4 heterocycles. The van der Waals surface area contributed by atoms with Gasteiger partial charge in [0.25, 0.3) is 22.9 Å². The Hall–Kier alpha value is -6.00. The number of hydrogen-bond acceptors (Lipinski definition) is 16. The van der Waals surface area contributed by atoms with Gasteiger partial charge in [0.05, 0.1) is 58.9 Å². The maximum atomic E-state index is 13.8. The van der Waals surface area contributed by atoms with E-state index in [1.807, 2.05) is 0 Å². The largest absolute Gasteiger partial charge is 1.00 e. The number of hydrogen-bond donors (Lipinski definition) is 2. The van der Waals surface area contributed by atoms with Crippen molar-refractivity contribution >= 4 is 49.3 Å². The van der Waals surface area contributed by atoms with Crippen LogP contribution in [-0.2, 0) is 30.5 Å².